The smallest absolute Gasteiger partial charge is 0.290 e. The van der Waals surface area contributed by atoms with Gasteiger partial charge in [0.25, 0.3) is 11.8 Å². The molecule has 5 heterocycles. The Morgan fingerprint density at radius 2 is 1.05 bits per heavy atom. The van der Waals surface area contributed by atoms with Crippen molar-refractivity contribution in [3.05, 3.63) is 101 Å². The lowest BCUT2D eigenvalue weighted by Crippen LogP contribution is -2.48. The first-order chi connectivity index (χ1) is 19.2. The SMILES string of the molecule is O=C1C2CC(O)C[N@+]2([O-])C(c2cccc(C3N(c4ccccc4)C(=O)C4CC(O)C[N@@+]43[O-])n2)N1c1ccccc1. The van der Waals surface area contributed by atoms with E-state index in [0.29, 0.717) is 11.4 Å². The van der Waals surface area contributed by atoms with Crippen LogP contribution in [0.1, 0.15) is 36.6 Å². The van der Waals surface area contributed by atoms with Crippen molar-refractivity contribution in [2.45, 2.75) is 49.5 Å². The van der Waals surface area contributed by atoms with Gasteiger partial charge in [0.15, 0.2) is 12.1 Å². The highest BCUT2D eigenvalue weighted by Crippen LogP contribution is 2.50. The number of fused-ring (bicyclic) bond motifs is 2. The van der Waals surface area contributed by atoms with Gasteiger partial charge in [-0.2, -0.15) is 0 Å². The molecular formula is C29H29N5O6. The minimum absolute atomic E-state index is 0.0564. The van der Waals surface area contributed by atoms with Gasteiger partial charge in [-0.3, -0.25) is 19.4 Å². The number of rotatable bonds is 4. The molecule has 2 aromatic carbocycles. The van der Waals surface area contributed by atoms with Gasteiger partial charge in [-0.05, 0) is 36.4 Å². The molecule has 0 aliphatic carbocycles. The van der Waals surface area contributed by atoms with Gasteiger partial charge >= 0.3 is 0 Å². The fourth-order valence-corrected chi connectivity index (χ4v) is 7.19. The van der Waals surface area contributed by atoms with Gasteiger partial charge in [-0.15, -0.1) is 0 Å². The number of aliphatic hydroxyl groups is 2. The van der Waals surface area contributed by atoms with Gasteiger partial charge in [-0.25, -0.2) is 4.98 Å². The second-order valence-electron chi connectivity index (χ2n) is 11.2. The van der Waals surface area contributed by atoms with E-state index in [0.717, 1.165) is 0 Å². The summed E-state index contributed by atoms with van der Waals surface area (Å²) in [6, 6.07) is 20.8. The number of hydrogen-bond donors (Lipinski definition) is 2. The number of para-hydroxylation sites is 2. The van der Waals surface area contributed by atoms with Crippen LogP contribution >= 0.6 is 0 Å². The molecule has 0 bridgehead atoms. The first-order valence-corrected chi connectivity index (χ1v) is 13.5. The lowest BCUT2D eigenvalue weighted by atomic mass is 10.1. The van der Waals surface area contributed by atoms with E-state index in [-0.39, 0.29) is 49.1 Å². The minimum atomic E-state index is -1.08. The molecule has 206 valence electrons. The Hall–Kier alpha value is -3.71. The van der Waals surface area contributed by atoms with E-state index in [1.54, 1.807) is 66.7 Å². The predicted octanol–water partition coefficient (Wildman–Crippen LogP) is 2.07. The molecule has 4 aliphatic rings. The van der Waals surface area contributed by atoms with Gasteiger partial charge in [0, 0.05) is 12.8 Å². The average Bonchev–Trinajstić information content (AvgIpc) is 3.57. The maximum absolute atomic E-state index is 14.4. The molecule has 8 atom stereocenters. The zero-order valence-corrected chi connectivity index (χ0v) is 21.6. The highest BCUT2D eigenvalue weighted by Gasteiger charge is 2.63. The van der Waals surface area contributed by atoms with E-state index < -0.39 is 45.9 Å². The zero-order valence-electron chi connectivity index (χ0n) is 21.6. The molecule has 11 nitrogen and oxygen atoms in total. The number of anilines is 2. The van der Waals surface area contributed by atoms with Crippen LogP contribution in [0, 0.1) is 10.4 Å². The number of benzene rings is 2. The number of carbonyl (C=O) groups excluding carboxylic acids is 2. The summed E-state index contributed by atoms with van der Waals surface area (Å²) >= 11 is 0. The van der Waals surface area contributed by atoms with Crippen LogP contribution in [0.3, 0.4) is 0 Å². The average molecular weight is 544 g/mol. The topological polar surface area (TPSA) is 140 Å². The molecule has 2 amide bonds. The van der Waals surface area contributed by atoms with Gasteiger partial charge < -0.3 is 29.9 Å². The molecular weight excluding hydrogens is 514 g/mol. The molecule has 0 saturated carbocycles. The molecule has 1 aromatic heterocycles. The van der Waals surface area contributed by atoms with Crippen molar-refractivity contribution in [3.8, 4) is 0 Å². The molecule has 7 rings (SSSR count). The normalized spacial score (nSPS) is 36.8. The number of pyridine rings is 1. The third kappa shape index (κ3) is 3.49. The number of carbonyl (C=O) groups is 2. The summed E-state index contributed by atoms with van der Waals surface area (Å²) in [4.78, 5) is 35.0. The second kappa shape index (κ2) is 8.90. The summed E-state index contributed by atoms with van der Waals surface area (Å²) in [5.41, 5.74) is 1.63. The summed E-state index contributed by atoms with van der Waals surface area (Å²) in [7, 11) is 0. The van der Waals surface area contributed by atoms with Crippen LogP contribution in [0.5, 0.6) is 0 Å². The standard InChI is InChI=1S/C29H29N5O6/c35-20-14-24-28(37)31(18-8-3-1-4-9-18)26(33(24,39)16-20)22-12-7-13-23(30-22)27-32(19-10-5-2-6-11-19)29(38)25-15-21(36)17-34(25,27)40/h1-13,20-21,24-27,35-36H,14-17H2/t20?,21?,24?,25?,26?,27?,33-,34-/m1/s1. The fraction of sp³-hybridized carbons (Fsp3) is 0.345. The van der Waals surface area contributed by atoms with E-state index in [4.69, 9.17) is 4.98 Å². The molecule has 40 heavy (non-hydrogen) atoms. The minimum Gasteiger partial charge on any atom is -0.630 e. The van der Waals surface area contributed by atoms with Gasteiger partial charge in [0.05, 0.1) is 11.4 Å². The fourth-order valence-electron chi connectivity index (χ4n) is 7.19. The van der Waals surface area contributed by atoms with Crippen LogP contribution in [0.2, 0.25) is 0 Å². The largest absolute Gasteiger partial charge is 0.630 e. The summed E-state index contributed by atoms with van der Waals surface area (Å²) in [6.07, 6.45) is -3.89. The molecule has 11 heteroatoms. The maximum Gasteiger partial charge on any atom is 0.290 e. The lowest BCUT2D eigenvalue weighted by molar-refractivity contribution is -0.907. The molecule has 0 spiro atoms. The Kier molecular flexibility index (Phi) is 5.62. The first kappa shape index (κ1) is 25.3. The Morgan fingerprint density at radius 1 is 0.650 bits per heavy atom. The summed E-state index contributed by atoms with van der Waals surface area (Å²) in [5, 5.41) is 49.5. The van der Waals surface area contributed by atoms with E-state index in [1.807, 2.05) is 12.1 Å². The Labute approximate surface area is 230 Å². The van der Waals surface area contributed by atoms with E-state index in [1.165, 1.54) is 9.80 Å². The number of hydrogen-bond acceptors (Lipinski definition) is 7. The van der Waals surface area contributed by atoms with Crippen molar-refractivity contribution in [1.82, 2.24) is 4.98 Å². The molecule has 4 aliphatic heterocycles. The molecule has 0 radical (unpaired) electrons. The monoisotopic (exact) mass is 543 g/mol. The first-order valence-electron chi connectivity index (χ1n) is 13.5. The maximum atomic E-state index is 14.4. The Bertz CT molecular complexity index is 1370. The molecule has 6 unspecified atom stereocenters. The van der Waals surface area contributed by atoms with Crippen molar-refractivity contribution in [3.63, 3.8) is 0 Å². The number of hydroxylamine groups is 6. The van der Waals surface area contributed by atoms with E-state index in [2.05, 4.69) is 0 Å². The Balaban J connectivity index is 1.37. The van der Waals surface area contributed by atoms with Crippen molar-refractivity contribution in [2.75, 3.05) is 22.9 Å². The number of aromatic nitrogens is 1. The third-order valence-electron chi connectivity index (χ3n) is 8.79. The van der Waals surface area contributed by atoms with Crippen molar-refractivity contribution < 1.29 is 29.1 Å². The molecule has 4 fully saturated rings. The van der Waals surface area contributed by atoms with Crippen LogP contribution in [0.4, 0.5) is 11.4 Å². The number of quaternary nitrogens is 2. The number of amides is 2. The van der Waals surface area contributed by atoms with Crippen LogP contribution in [-0.2, 0) is 9.59 Å². The van der Waals surface area contributed by atoms with Crippen molar-refractivity contribution in [2.24, 2.45) is 0 Å². The van der Waals surface area contributed by atoms with Gasteiger partial charge in [-0.1, -0.05) is 42.5 Å². The summed E-state index contributed by atoms with van der Waals surface area (Å²) in [6.45, 7) is -0.325. The summed E-state index contributed by atoms with van der Waals surface area (Å²) in [5.74, 6) is -0.765. The zero-order chi connectivity index (χ0) is 27.8. The lowest BCUT2D eigenvalue weighted by Gasteiger charge is -2.45. The highest BCUT2D eigenvalue weighted by molar-refractivity contribution is 5.99. The van der Waals surface area contributed by atoms with Crippen LogP contribution in [0.15, 0.2) is 78.9 Å². The Morgan fingerprint density at radius 3 is 1.45 bits per heavy atom. The predicted molar refractivity (Wildman–Crippen MR) is 143 cm³/mol. The highest BCUT2D eigenvalue weighted by atomic mass is 16.6. The van der Waals surface area contributed by atoms with Crippen LogP contribution in [-0.4, -0.2) is 73.7 Å². The van der Waals surface area contributed by atoms with Crippen molar-refractivity contribution in [1.29, 1.82) is 0 Å². The molecule has 4 saturated heterocycles. The van der Waals surface area contributed by atoms with E-state index >= 15 is 0 Å². The van der Waals surface area contributed by atoms with Crippen LogP contribution < -0.4 is 9.80 Å². The number of aliphatic hydroxyl groups excluding tert-OH is 2. The van der Waals surface area contributed by atoms with E-state index in [9.17, 15) is 30.2 Å². The molecule has 2 N–H and O–H groups in total. The second-order valence-corrected chi connectivity index (χ2v) is 11.2. The van der Waals surface area contributed by atoms with Crippen molar-refractivity contribution >= 4 is 23.2 Å². The quantitative estimate of drug-likeness (QED) is 0.379. The molecule has 3 aromatic rings. The van der Waals surface area contributed by atoms with Gasteiger partial charge in [0.2, 0.25) is 12.3 Å². The van der Waals surface area contributed by atoms with Crippen LogP contribution in [0.25, 0.3) is 0 Å². The number of nitrogens with zero attached hydrogens (tertiary/aromatic N) is 5. The third-order valence-corrected chi connectivity index (χ3v) is 8.79. The summed E-state index contributed by atoms with van der Waals surface area (Å²) < 4.78 is -1.95. The van der Waals surface area contributed by atoms with Gasteiger partial charge in [0.1, 0.15) is 36.7 Å².